The zero-order valence-electron chi connectivity index (χ0n) is 12.8. The van der Waals surface area contributed by atoms with Crippen molar-refractivity contribution in [1.29, 1.82) is 0 Å². The van der Waals surface area contributed by atoms with E-state index in [0.717, 1.165) is 19.5 Å². The van der Waals surface area contributed by atoms with Gasteiger partial charge in [0.25, 0.3) is 0 Å². The maximum Gasteiger partial charge on any atom is 0.221 e. The molecule has 1 saturated heterocycles. The third-order valence-corrected chi connectivity index (χ3v) is 4.33. The molecule has 2 N–H and O–H groups in total. The lowest BCUT2D eigenvalue weighted by molar-refractivity contribution is -0.123. The van der Waals surface area contributed by atoms with Crippen LogP contribution < -0.4 is 10.6 Å². The molecule has 2 rings (SSSR count). The van der Waals surface area contributed by atoms with Crippen molar-refractivity contribution in [2.45, 2.75) is 45.1 Å². The molecule has 1 fully saturated rings. The van der Waals surface area contributed by atoms with Gasteiger partial charge in [0.05, 0.1) is 0 Å². The van der Waals surface area contributed by atoms with Crippen molar-refractivity contribution in [2.75, 3.05) is 13.1 Å². The Balaban J connectivity index is 1.93. The Kier molecular flexibility index (Phi) is 4.81. The lowest BCUT2D eigenvalue weighted by atomic mass is 9.81. The maximum absolute atomic E-state index is 12.3. The molecule has 1 amide bonds. The standard InChI is InChI=1S/C17H26N2O/c1-13-9-10-18-12-15(13)19-16(20)11-17(2,3)14-7-5-4-6-8-14/h4-8,13,15,18H,9-12H2,1-3H3,(H,19,20). The Morgan fingerprint density at radius 1 is 1.35 bits per heavy atom. The van der Waals surface area contributed by atoms with Crippen LogP contribution in [-0.2, 0) is 10.2 Å². The van der Waals surface area contributed by atoms with Crippen LogP contribution in [0.1, 0.15) is 39.2 Å². The number of amides is 1. The Hall–Kier alpha value is -1.35. The number of hydrogen-bond donors (Lipinski definition) is 2. The van der Waals surface area contributed by atoms with Gasteiger partial charge in [-0.1, -0.05) is 51.1 Å². The fourth-order valence-corrected chi connectivity index (χ4v) is 2.83. The van der Waals surface area contributed by atoms with Crippen LogP contribution in [0.5, 0.6) is 0 Å². The minimum atomic E-state index is -0.128. The molecule has 0 bridgehead atoms. The second kappa shape index (κ2) is 6.40. The highest BCUT2D eigenvalue weighted by Crippen LogP contribution is 2.26. The Morgan fingerprint density at radius 2 is 2.05 bits per heavy atom. The van der Waals surface area contributed by atoms with Gasteiger partial charge in [-0.2, -0.15) is 0 Å². The predicted molar refractivity (Wildman–Crippen MR) is 82.7 cm³/mol. The van der Waals surface area contributed by atoms with Gasteiger partial charge in [0.2, 0.25) is 5.91 Å². The number of benzene rings is 1. The Morgan fingerprint density at radius 3 is 2.70 bits per heavy atom. The van der Waals surface area contributed by atoms with Crippen LogP contribution in [0.25, 0.3) is 0 Å². The summed E-state index contributed by atoms with van der Waals surface area (Å²) < 4.78 is 0. The first-order chi connectivity index (χ1) is 9.49. The van der Waals surface area contributed by atoms with Crippen molar-refractivity contribution >= 4 is 5.91 Å². The summed E-state index contributed by atoms with van der Waals surface area (Å²) >= 11 is 0. The smallest absolute Gasteiger partial charge is 0.221 e. The molecular formula is C17H26N2O. The molecule has 1 aromatic rings. The molecule has 20 heavy (non-hydrogen) atoms. The second-order valence-electron chi connectivity index (χ2n) is 6.57. The molecular weight excluding hydrogens is 248 g/mol. The van der Waals surface area contributed by atoms with Crippen LogP contribution in [0.4, 0.5) is 0 Å². The third-order valence-electron chi connectivity index (χ3n) is 4.33. The molecule has 1 heterocycles. The first kappa shape index (κ1) is 15.0. The van der Waals surface area contributed by atoms with Gasteiger partial charge in [-0.3, -0.25) is 4.79 Å². The van der Waals surface area contributed by atoms with E-state index in [2.05, 4.69) is 43.5 Å². The quantitative estimate of drug-likeness (QED) is 0.885. The highest BCUT2D eigenvalue weighted by atomic mass is 16.1. The minimum absolute atomic E-state index is 0.128. The van der Waals surface area contributed by atoms with Gasteiger partial charge in [0.1, 0.15) is 0 Å². The summed E-state index contributed by atoms with van der Waals surface area (Å²) in [7, 11) is 0. The van der Waals surface area contributed by atoms with E-state index >= 15 is 0 Å². The van der Waals surface area contributed by atoms with Gasteiger partial charge in [-0.05, 0) is 29.9 Å². The number of nitrogens with one attached hydrogen (secondary N) is 2. The predicted octanol–water partition coefficient (Wildman–Crippen LogP) is 2.47. The van der Waals surface area contributed by atoms with E-state index in [1.54, 1.807) is 0 Å². The fraction of sp³-hybridized carbons (Fsp3) is 0.588. The average molecular weight is 274 g/mol. The molecule has 0 radical (unpaired) electrons. The molecule has 0 saturated carbocycles. The van der Waals surface area contributed by atoms with Crippen molar-refractivity contribution in [2.24, 2.45) is 5.92 Å². The van der Waals surface area contributed by atoms with E-state index in [9.17, 15) is 4.79 Å². The molecule has 2 atom stereocenters. The zero-order valence-corrected chi connectivity index (χ0v) is 12.8. The molecule has 1 aliphatic heterocycles. The van der Waals surface area contributed by atoms with Gasteiger partial charge < -0.3 is 10.6 Å². The maximum atomic E-state index is 12.3. The molecule has 3 nitrogen and oxygen atoms in total. The van der Waals surface area contributed by atoms with Crippen LogP contribution in [0.2, 0.25) is 0 Å². The lowest BCUT2D eigenvalue weighted by Crippen LogP contribution is -2.50. The molecule has 0 spiro atoms. The van der Waals surface area contributed by atoms with E-state index < -0.39 is 0 Å². The summed E-state index contributed by atoms with van der Waals surface area (Å²) in [5, 5.41) is 6.54. The van der Waals surface area contributed by atoms with Gasteiger partial charge >= 0.3 is 0 Å². The molecule has 110 valence electrons. The minimum Gasteiger partial charge on any atom is -0.352 e. The summed E-state index contributed by atoms with van der Waals surface area (Å²) in [4.78, 5) is 12.3. The number of carbonyl (C=O) groups excluding carboxylic acids is 1. The van der Waals surface area contributed by atoms with Crippen molar-refractivity contribution in [3.63, 3.8) is 0 Å². The SMILES string of the molecule is CC1CCNCC1NC(=O)CC(C)(C)c1ccccc1. The second-order valence-corrected chi connectivity index (χ2v) is 6.57. The van der Waals surface area contributed by atoms with E-state index in [0.29, 0.717) is 12.3 Å². The number of piperidine rings is 1. The molecule has 0 aliphatic carbocycles. The van der Waals surface area contributed by atoms with Crippen LogP contribution in [0.15, 0.2) is 30.3 Å². The van der Waals surface area contributed by atoms with Gasteiger partial charge in [-0.15, -0.1) is 0 Å². The van der Waals surface area contributed by atoms with Crippen LogP contribution in [0, 0.1) is 5.92 Å². The van der Waals surface area contributed by atoms with Crippen molar-refractivity contribution in [3.05, 3.63) is 35.9 Å². The van der Waals surface area contributed by atoms with Crippen molar-refractivity contribution < 1.29 is 4.79 Å². The van der Waals surface area contributed by atoms with Gasteiger partial charge in [0, 0.05) is 19.0 Å². The summed E-state index contributed by atoms with van der Waals surface area (Å²) in [5.41, 5.74) is 1.08. The summed E-state index contributed by atoms with van der Waals surface area (Å²) in [6, 6.07) is 10.5. The molecule has 1 aliphatic rings. The van der Waals surface area contributed by atoms with Crippen LogP contribution in [0.3, 0.4) is 0 Å². The fourth-order valence-electron chi connectivity index (χ4n) is 2.83. The Labute approximate surface area is 122 Å². The molecule has 2 unspecified atom stereocenters. The topological polar surface area (TPSA) is 41.1 Å². The summed E-state index contributed by atoms with van der Waals surface area (Å²) in [6.45, 7) is 8.42. The monoisotopic (exact) mass is 274 g/mol. The first-order valence-corrected chi connectivity index (χ1v) is 7.54. The van der Waals surface area contributed by atoms with E-state index in [-0.39, 0.29) is 17.4 Å². The molecule has 1 aromatic carbocycles. The van der Waals surface area contributed by atoms with E-state index in [1.807, 2.05) is 18.2 Å². The largest absolute Gasteiger partial charge is 0.352 e. The van der Waals surface area contributed by atoms with Gasteiger partial charge in [0.15, 0.2) is 0 Å². The van der Waals surface area contributed by atoms with Gasteiger partial charge in [-0.25, -0.2) is 0 Å². The van der Waals surface area contributed by atoms with Crippen molar-refractivity contribution in [3.8, 4) is 0 Å². The Bertz CT molecular complexity index is 442. The zero-order chi connectivity index (χ0) is 14.6. The van der Waals surface area contributed by atoms with E-state index in [1.165, 1.54) is 5.56 Å². The number of hydrogen-bond acceptors (Lipinski definition) is 2. The molecule has 3 heteroatoms. The number of rotatable bonds is 4. The highest BCUT2D eigenvalue weighted by molar-refractivity contribution is 5.78. The summed E-state index contributed by atoms with van der Waals surface area (Å²) in [6.07, 6.45) is 1.66. The highest BCUT2D eigenvalue weighted by Gasteiger charge is 2.27. The summed E-state index contributed by atoms with van der Waals surface area (Å²) in [5.74, 6) is 0.708. The first-order valence-electron chi connectivity index (χ1n) is 7.54. The van der Waals surface area contributed by atoms with Crippen LogP contribution in [-0.4, -0.2) is 25.0 Å². The van der Waals surface area contributed by atoms with E-state index in [4.69, 9.17) is 0 Å². The average Bonchev–Trinajstić information content (AvgIpc) is 2.42. The molecule has 0 aromatic heterocycles. The van der Waals surface area contributed by atoms with Crippen molar-refractivity contribution in [1.82, 2.24) is 10.6 Å². The normalized spacial score (nSPS) is 23.4. The third kappa shape index (κ3) is 3.83. The number of carbonyl (C=O) groups is 1. The lowest BCUT2D eigenvalue weighted by Gasteiger charge is -2.32. The van der Waals surface area contributed by atoms with Crippen LogP contribution >= 0.6 is 0 Å².